The molecule has 7 heteroatoms. The van der Waals surface area contributed by atoms with E-state index in [0.717, 1.165) is 0 Å². The van der Waals surface area contributed by atoms with Gasteiger partial charge in [-0.05, 0) is 25.1 Å². The molecule has 17 heavy (non-hydrogen) atoms. The Morgan fingerprint density at radius 1 is 1.41 bits per heavy atom. The van der Waals surface area contributed by atoms with Crippen LogP contribution in [0.5, 0.6) is 0 Å². The number of hydrogen-bond acceptors (Lipinski definition) is 5. The SMILES string of the molecule is CNS(=O)(=O)c1ccc(CNOCC(C)C)o1. The van der Waals surface area contributed by atoms with Gasteiger partial charge in [0.15, 0.2) is 0 Å². The Kier molecular flexibility index (Phi) is 5.13. The zero-order valence-electron chi connectivity index (χ0n) is 10.2. The van der Waals surface area contributed by atoms with Crippen LogP contribution in [0.2, 0.25) is 0 Å². The zero-order chi connectivity index (χ0) is 12.9. The summed E-state index contributed by atoms with van der Waals surface area (Å²) in [5, 5.41) is -0.0966. The van der Waals surface area contributed by atoms with Crippen molar-refractivity contribution in [3.8, 4) is 0 Å². The van der Waals surface area contributed by atoms with Gasteiger partial charge in [0.2, 0.25) is 5.09 Å². The first-order valence-electron chi connectivity index (χ1n) is 5.32. The fourth-order valence-electron chi connectivity index (χ4n) is 1.05. The summed E-state index contributed by atoms with van der Waals surface area (Å²) in [7, 11) is -2.17. The second-order valence-corrected chi connectivity index (χ2v) is 5.77. The maximum atomic E-state index is 11.4. The summed E-state index contributed by atoms with van der Waals surface area (Å²) >= 11 is 0. The minimum atomic E-state index is -3.51. The van der Waals surface area contributed by atoms with Crippen molar-refractivity contribution in [3.63, 3.8) is 0 Å². The Morgan fingerprint density at radius 2 is 2.12 bits per heavy atom. The van der Waals surface area contributed by atoms with E-state index in [9.17, 15) is 8.42 Å². The number of hydrogen-bond donors (Lipinski definition) is 2. The molecule has 0 atom stereocenters. The molecule has 0 bridgehead atoms. The standard InChI is InChI=1S/C10H18N2O4S/c1-8(2)7-15-12-6-9-4-5-10(16-9)17(13,14)11-3/h4-5,8,11-12H,6-7H2,1-3H3. The molecule has 0 saturated carbocycles. The van der Waals surface area contributed by atoms with Gasteiger partial charge >= 0.3 is 0 Å². The van der Waals surface area contributed by atoms with Gasteiger partial charge in [0.05, 0.1) is 13.2 Å². The quantitative estimate of drug-likeness (QED) is 0.563. The fourth-order valence-corrected chi connectivity index (χ4v) is 1.71. The molecule has 1 aromatic rings. The summed E-state index contributed by atoms with van der Waals surface area (Å²) in [6.07, 6.45) is 0. The Balaban J connectivity index is 2.47. The molecule has 0 unspecified atom stereocenters. The summed E-state index contributed by atoms with van der Waals surface area (Å²) in [5.74, 6) is 0.932. The predicted octanol–water partition coefficient (Wildman–Crippen LogP) is 0.865. The highest BCUT2D eigenvalue weighted by Gasteiger charge is 2.15. The van der Waals surface area contributed by atoms with Gasteiger partial charge in [0.25, 0.3) is 10.0 Å². The third-order valence-electron chi connectivity index (χ3n) is 1.94. The molecule has 0 aromatic carbocycles. The topological polar surface area (TPSA) is 80.6 Å². The van der Waals surface area contributed by atoms with Crippen LogP contribution in [0.4, 0.5) is 0 Å². The van der Waals surface area contributed by atoms with E-state index in [1.165, 1.54) is 13.1 Å². The molecule has 0 aliphatic carbocycles. The first kappa shape index (κ1) is 14.2. The van der Waals surface area contributed by atoms with Crippen LogP contribution in [0.25, 0.3) is 0 Å². The number of rotatable bonds is 7. The van der Waals surface area contributed by atoms with Crippen molar-refractivity contribution in [2.45, 2.75) is 25.5 Å². The van der Waals surface area contributed by atoms with Gasteiger partial charge in [-0.1, -0.05) is 13.8 Å². The van der Waals surface area contributed by atoms with E-state index >= 15 is 0 Å². The predicted molar refractivity (Wildman–Crippen MR) is 62.6 cm³/mol. The third-order valence-corrected chi connectivity index (χ3v) is 3.22. The molecular weight excluding hydrogens is 244 g/mol. The molecule has 1 heterocycles. The van der Waals surface area contributed by atoms with Crippen LogP contribution < -0.4 is 10.2 Å². The number of sulfonamides is 1. The highest BCUT2D eigenvalue weighted by molar-refractivity contribution is 7.89. The largest absolute Gasteiger partial charge is 0.447 e. The number of hydroxylamine groups is 1. The highest BCUT2D eigenvalue weighted by atomic mass is 32.2. The second kappa shape index (κ2) is 6.15. The lowest BCUT2D eigenvalue weighted by Gasteiger charge is -2.06. The molecule has 98 valence electrons. The van der Waals surface area contributed by atoms with Crippen molar-refractivity contribution in [1.82, 2.24) is 10.2 Å². The smallest absolute Gasteiger partial charge is 0.273 e. The lowest BCUT2D eigenvalue weighted by Crippen LogP contribution is -2.18. The number of furan rings is 1. The summed E-state index contributed by atoms with van der Waals surface area (Å²) in [5.41, 5.74) is 2.71. The fraction of sp³-hybridized carbons (Fsp3) is 0.600. The van der Waals surface area contributed by atoms with Gasteiger partial charge in [-0.3, -0.25) is 0 Å². The zero-order valence-corrected chi connectivity index (χ0v) is 11.0. The Morgan fingerprint density at radius 3 is 2.71 bits per heavy atom. The number of nitrogens with one attached hydrogen (secondary N) is 2. The van der Waals surface area contributed by atoms with Crippen LogP contribution in [-0.2, 0) is 21.4 Å². The molecule has 1 aromatic heterocycles. The van der Waals surface area contributed by atoms with E-state index in [1.54, 1.807) is 6.07 Å². The summed E-state index contributed by atoms with van der Waals surface area (Å²) in [6, 6.07) is 3.00. The van der Waals surface area contributed by atoms with Gasteiger partial charge < -0.3 is 9.25 Å². The van der Waals surface area contributed by atoms with Crippen molar-refractivity contribution in [3.05, 3.63) is 17.9 Å². The molecule has 0 fully saturated rings. The van der Waals surface area contributed by atoms with Crippen molar-refractivity contribution in [2.75, 3.05) is 13.7 Å². The van der Waals surface area contributed by atoms with E-state index < -0.39 is 10.0 Å². The summed E-state index contributed by atoms with van der Waals surface area (Å²) in [4.78, 5) is 5.15. The maximum absolute atomic E-state index is 11.4. The minimum absolute atomic E-state index is 0.0966. The van der Waals surface area contributed by atoms with Crippen molar-refractivity contribution < 1.29 is 17.7 Å². The molecule has 0 radical (unpaired) electrons. The van der Waals surface area contributed by atoms with E-state index in [0.29, 0.717) is 24.8 Å². The normalized spacial score (nSPS) is 12.2. The molecular formula is C10H18N2O4S. The van der Waals surface area contributed by atoms with E-state index in [1.807, 2.05) is 13.8 Å². The van der Waals surface area contributed by atoms with Gasteiger partial charge in [-0.2, -0.15) is 5.48 Å². The molecule has 6 nitrogen and oxygen atoms in total. The van der Waals surface area contributed by atoms with Crippen LogP contribution >= 0.6 is 0 Å². The maximum Gasteiger partial charge on any atom is 0.273 e. The van der Waals surface area contributed by atoms with E-state index in [2.05, 4.69) is 10.2 Å². The van der Waals surface area contributed by atoms with Crippen molar-refractivity contribution >= 4 is 10.0 Å². The molecule has 0 saturated heterocycles. The first-order valence-corrected chi connectivity index (χ1v) is 6.81. The summed E-state index contributed by atoms with van der Waals surface area (Å²) in [6.45, 7) is 4.98. The molecule has 0 amide bonds. The van der Waals surface area contributed by atoms with E-state index in [-0.39, 0.29) is 5.09 Å². The molecule has 2 N–H and O–H groups in total. The second-order valence-electron chi connectivity index (χ2n) is 3.95. The van der Waals surface area contributed by atoms with Crippen LogP contribution in [0.15, 0.2) is 21.6 Å². The van der Waals surface area contributed by atoms with E-state index in [4.69, 9.17) is 9.25 Å². The Bertz CT molecular complexity index is 439. The average molecular weight is 262 g/mol. The van der Waals surface area contributed by atoms with Gasteiger partial charge in [-0.25, -0.2) is 13.1 Å². The van der Waals surface area contributed by atoms with Gasteiger partial charge in [0.1, 0.15) is 5.76 Å². The molecule has 1 rings (SSSR count). The van der Waals surface area contributed by atoms with Crippen LogP contribution in [0, 0.1) is 5.92 Å². The van der Waals surface area contributed by atoms with Crippen LogP contribution in [0.1, 0.15) is 19.6 Å². The first-order chi connectivity index (χ1) is 7.95. The minimum Gasteiger partial charge on any atom is -0.447 e. The molecule has 0 aliphatic heterocycles. The monoisotopic (exact) mass is 262 g/mol. The van der Waals surface area contributed by atoms with Crippen LogP contribution in [-0.4, -0.2) is 22.1 Å². The van der Waals surface area contributed by atoms with Crippen molar-refractivity contribution in [1.29, 1.82) is 0 Å². The van der Waals surface area contributed by atoms with Gasteiger partial charge in [0, 0.05) is 0 Å². The lowest BCUT2D eigenvalue weighted by atomic mass is 10.2. The summed E-state index contributed by atoms with van der Waals surface area (Å²) < 4.78 is 30.1. The Hall–Kier alpha value is -0.890. The Labute approximate surface area is 101 Å². The molecule has 0 spiro atoms. The molecule has 0 aliphatic rings. The van der Waals surface area contributed by atoms with Crippen LogP contribution in [0.3, 0.4) is 0 Å². The lowest BCUT2D eigenvalue weighted by molar-refractivity contribution is 0.0160. The average Bonchev–Trinajstić information content (AvgIpc) is 2.73. The highest BCUT2D eigenvalue weighted by Crippen LogP contribution is 2.13. The van der Waals surface area contributed by atoms with Crippen molar-refractivity contribution in [2.24, 2.45) is 5.92 Å². The third kappa shape index (κ3) is 4.47. The van der Waals surface area contributed by atoms with Gasteiger partial charge in [-0.15, -0.1) is 0 Å².